The molecule has 0 amide bonds. The van der Waals surface area contributed by atoms with Gasteiger partial charge in [0.25, 0.3) is 0 Å². The zero-order valence-corrected chi connectivity index (χ0v) is 12.5. The molecule has 4 heteroatoms. The molecule has 0 unspecified atom stereocenters. The third kappa shape index (κ3) is 3.88. The van der Waals surface area contributed by atoms with Crippen LogP contribution in [0.2, 0.25) is 0 Å². The van der Waals surface area contributed by atoms with Gasteiger partial charge in [0.1, 0.15) is 11.6 Å². The molecule has 2 N–H and O–H groups in total. The number of para-hydroxylation sites is 1. The van der Waals surface area contributed by atoms with E-state index >= 15 is 0 Å². The van der Waals surface area contributed by atoms with Crippen molar-refractivity contribution in [1.82, 2.24) is 0 Å². The number of hydrogen-bond acceptors (Lipinski definition) is 3. The molecular weight excluding hydrogens is 267 g/mol. The third-order valence-corrected chi connectivity index (χ3v) is 3.22. The number of halogens is 1. The predicted octanol–water partition coefficient (Wildman–Crippen LogP) is 3.83. The van der Waals surface area contributed by atoms with Crippen LogP contribution in [0.3, 0.4) is 0 Å². The Labute approximate surface area is 125 Å². The summed E-state index contributed by atoms with van der Waals surface area (Å²) in [7, 11) is 1.93. The lowest BCUT2D eigenvalue weighted by Crippen LogP contribution is -2.18. The Bertz CT molecular complexity index is 601. The number of nitrogens with two attached hydrogens (primary N) is 1. The number of rotatable bonds is 6. The van der Waals surface area contributed by atoms with E-state index < -0.39 is 0 Å². The van der Waals surface area contributed by atoms with Crippen molar-refractivity contribution in [2.24, 2.45) is 0 Å². The second kappa shape index (κ2) is 6.97. The highest BCUT2D eigenvalue weighted by Crippen LogP contribution is 2.32. The zero-order valence-electron chi connectivity index (χ0n) is 12.5. The Kier molecular flexibility index (Phi) is 5.04. The number of hydrogen-bond donors (Lipinski definition) is 1. The smallest absolute Gasteiger partial charge is 0.144 e. The van der Waals surface area contributed by atoms with Crippen LogP contribution in [0.5, 0.6) is 5.75 Å². The molecule has 0 bridgehead atoms. The number of nitrogen functional groups attached to an aromatic ring is 1. The fraction of sp³-hybridized carbons (Fsp3) is 0.294. The summed E-state index contributed by atoms with van der Waals surface area (Å²) < 4.78 is 18.9. The molecule has 3 nitrogen and oxygen atoms in total. The standard InChI is InChI=1S/C17H21FN2O/c1-3-10-21-16-9-5-8-15(17(16)19)20(2)12-13-6-4-7-14(18)11-13/h4-9,11H,3,10,12,19H2,1-2H3. The second-order valence-electron chi connectivity index (χ2n) is 5.02. The topological polar surface area (TPSA) is 38.5 Å². The number of benzene rings is 2. The number of nitrogens with zero attached hydrogens (tertiary/aromatic N) is 1. The van der Waals surface area contributed by atoms with Gasteiger partial charge in [0, 0.05) is 13.6 Å². The van der Waals surface area contributed by atoms with E-state index in [-0.39, 0.29) is 5.82 Å². The average Bonchev–Trinajstić information content (AvgIpc) is 2.46. The normalized spacial score (nSPS) is 10.4. The minimum atomic E-state index is -0.228. The maximum Gasteiger partial charge on any atom is 0.144 e. The van der Waals surface area contributed by atoms with Gasteiger partial charge in [-0.25, -0.2) is 4.39 Å². The lowest BCUT2D eigenvalue weighted by molar-refractivity contribution is 0.319. The summed E-state index contributed by atoms with van der Waals surface area (Å²) in [6.07, 6.45) is 0.933. The second-order valence-corrected chi connectivity index (χ2v) is 5.02. The molecule has 0 heterocycles. The molecule has 0 radical (unpaired) electrons. The number of ether oxygens (including phenoxy) is 1. The largest absolute Gasteiger partial charge is 0.491 e. The van der Waals surface area contributed by atoms with Crippen LogP contribution in [-0.2, 0) is 6.54 Å². The van der Waals surface area contributed by atoms with Gasteiger partial charge in [0.15, 0.2) is 0 Å². The fourth-order valence-corrected chi connectivity index (χ4v) is 2.20. The van der Waals surface area contributed by atoms with Gasteiger partial charge in [0.05, 0.1) is 18.0 Å². The molecular formula is C17H21FN2O. The molecule has 112 valence electrons. The van der Waals surface area contributed by atoms with Gasteiger partial charge < -0.3 is 15.4 Å². The maximum atomic E-state index is 13.2. The lowest BCUT2D eigenvalue weighted by Gasteiger charge is -2.22. The molecule has 2 aromatic carbocycles. The maximum absolute atomic E-state index is 13.2. The summed E-state index contributed by atoms with van der Waals surface area (Å²) in [5.41, 5.74) is 8.57. The van der Waals surface area contributed by atoms with Crippen LogP contribution >= 0.6 is 0 Å². The molecule has 2 aromatic rings. The van der Waals surface area contributed by atoms with Gasteiger partial charge in [-0.15, -0.1) is 0 Å². The zero-order chi connectivity index (χ0) is 15.2. The molecule has 0 saturated carbocycles. The van der Waals surface area contributed by atoms with E-state index in [9.17, 15) is 4.39 Å². The molecule has 0 aliphatic heterocycles. The summed E-state index contributed by atoms with van der Waals surface area (Å²) in [6.45, 7) is 3.27. The van der Waals surface area contributed by atoms with E-state index in [1.807, 2.05) is 36.2 Å². The quantitative estimate of drug-likeness (QED) is 0.821. The summed E-state index contributed by atoms with van der Waals surface area (Å²) >= 11 is 0. The highest BCUT2D eigenvalue weighted by molar-refractivity contribution is 5.73. The summed E-state index contributed by atoms with van der Waals surface area (Å²) in [5, 5.41) is 0. The van der Waals surface area contributed by atoms with Gasteiger partial charge in [-0.1, -0.05) is 25.1 Å². The Morgan fingerprint density at radius 3 is 2.67 bits per heavy atom. The van der Waals surface area contributed by atoms with Crippen molar-refractivity contribution in [2.75, 3.05) is 24.3 Å². The van der Waals surface area contributed by atoms with Crippen molar-refractivity contribution >= 4 is 11.4 Å². The van der Waals surface area contributed by atoms with E-state index in [1.165, 1.54) is 12.1 Å². The Balaban J connectivity index is 2.17. The van der Waals surface area contributed by atoms with E-state index in [4.69, 9.17) is 10.5 Å². The van der Waals surface area contributed by atoms with Gasteiger partial charge in [0.2, 0.25) is 0 Å². The Morgan fingerprint density at radius 1 is 1.19 bits per heavy atom. The summed E-state index contributed by atoms with van der Waals surface area (Å²) in [6, 6.07) is 12.3. The van der Waals surface area contributed by atoms with Crippen LogP contribution in [0, 0.1) is 5.82 Å². The van der Waals surface area contributed by atoms with Crippen molar-refractivity contribution in [3.8, 4) is 5.75 Å². The van der Waals surface area contributed by atoms with Crippen molar-refractivity contribution in [2.45, 2.75) is 19.9 Å². The summed E-state index contributed by atoms with van der Waals surface area (Å²) in [4.78, 5) is 1.99. The van der Waals surface area contributed by atoms with Crippen LogP contribution in [0.25, 0.3) is 0 Å². The van der Waals surface area contributed by atoms with Crippen LogP contribution in [0.1, 0.15) is 18.9 Å². The first-order valence-corrected chi connectivity index (χ1v) is 7.08. The monoisotopic (exact) mass is 288 g/mol. The third-order valence-electron chi connectivity index (χ3n) is 3.22. The molecule has 0 fully saturated rings. The first-order valence-electron chi connectivity index (χ1n) is 7.08. The SMILES string of the molecule is CCCOc1cccc(N(C)Cc2cccc(F)c2)c1N. The van der Waals surface area contributed by atoms with Gasteiger partial charge in [-0.05, 0) is 36.2 Å². The van der Waals surface area contributed by atoms with E-state index in [1.54, 1.807) is 6.07 Å². The predicted molar refractivity (Wildman–Crippen MR) is 85.1 cm³/mol. The molecule has 0 saturated heterocycles. The first-order chi connectivity index (χ1) is 10.1. The molecule has 2 rings (SSSR count). The van der Waals surface area contributed by atoms with Crippen LogP contribution in [-0.4, -0.2) is 13.7 Å². The van der Waals surface area contributed by atoms with Gasteiger partial charge in [-0.3, -0.25) is 0 Å². The van der Waals surface area contributed by atoms with Crippen molar-refractivity contribution < 1.29 is 9.13 Å². The summed E-state index contributed by atoms with van der Waals surface area (Å²) in [5.74, 6) is 0.467. The molecule has 0 atom stereocenters. The van der Waals surface area contributed by atoms with Crippen molar-refractivity contribution in [3.63, 3.8) is 0 Å². The lowest BCUT2D eigenvalue weighted by atomic mass is 10.2. The Hall–Kier alpha value is -2.23. The van der Waals surface area contributed by atoms with E-state index in [2.05, 4.69) is 6.92 Å². The minimum absolute atomic E-state index is 0.228. The molecule has 0 aromatic heterocycles. The molecule has 0 aliphatic rings. The van der Waals surface area contributed by atoms with Gasteiger partial charge >= 0.3 is 0 Å². The highest BCUT2D eigenvalue weighted by Gasteiger charge is 2.10. The van der Waals surface area contributed by atoms with Crippen LogP contribution in [0.4, 0.5) is 15.8 Å². The average molecular weight is 288 g/mol. The molecule has 0 aliphatic carbocycles. The molecule has 0 spiro atoms. The minimum Gasteiger partial charge on any atom is -0.491 e. The Morgan fingerprint density at radius 2 is 1.95 bits per heavy atom. The highest BCUT2D eigenvalue weighted by atomic mass is 19.1. The van der Waals surface area contributed by atoms with Crippen molar-refractivity contribution in [1.29, 1.82) is 0 Å². The van der Waals surface area contributed by atoms with Crippen LogP contribution < -0.4 is 15.4 Å². The van der Waals surface area contributed by atoms with Crippen LogP contribution in [0.15, 0.2) is 42.5 Å². The number of anilines is 2. The first kappa shape index (κ1) is 15.2. The molecule has 21 heavy (non-hydrogen) atoms. The van der Waals surface area contributed by atoms with E-state index in [0.717, 1.165) is 17.7 Å². The van der Waals surface area contributed by atoms with Gasteiger partial charge in [-0.2, -0.15) is 0 Å². The van der Waals surface area contributed by atoms with Crippen molar-refractivity contribution in [3.05, 3.63) is 53.8 Å². The fourth-order valence-electron chi connectivity index (χ4n) is 2.20. The van der Waals surface area contributed by atoms with E-state index in [0.29, 0.717) is 24.6 Å².